The Labute approximate surface area is 118 Å². The van der Waals surface area contributed by atoms with Crippen LogP contribution in [0, 0.1) is 0 Å². The van der Waals surface area contributed by atoms with Crippen molar-refractivity contribution in [1.82, 2.24) is 14.7 Å². The van der Waals surface area contributed by atoms with Crippen LogP contribution in [0.1, 0.15) is 44.7 Å². The number of aliphatic hydroxyl groups excluding tert-OH is 1. The number of hydrogen-bond acceptors (Lipinski definition) is 3. The van der Waals surface area contributed by atoms with Crippen molar-refractivity contribution in [2.75, 3.05) is 11.9 Å². The Bertz CT molecular complexity index is 533. The highest BCUT2D eigenvalue weighted by molar-refractivity contribution is 5.89. The van der Waals surface area contributed by atoms with Crippen molar-refractivity contribution in [2.24, 2.45) is 7.05 Å². The molecule has 2 N–H and O–H groups in total. The maximum atomic E-state index is 12.3. The molecule has 1 aromatic heterocycles. The highest BCUT2D eigenvalue weighted by atomic mass is 16.3. The predicted molar refractivity (Wildman–Crippen MR) is 75.6 cm³/mol. The third kappa shape index (κ3) is 2.18. The van der Waals surface area contributed by atoms with Gasteiger partial charge >= 0.3 is 6.03 Å². The Morgan fingerprint density at radius 1 is 1.45 bits per heavy atom. The number of nitrogens with one attached hydrogen (secondary N) is 1. The van der Waals surface area contributed by atoms with Gasteiger partial charge in [0.05, 0.1) is 11.6 Å². The molecule has 0 bridgehead atoms. The molecule has 1 saturated heterocycles. The zero-order chi connectivity index (χ0) is 14.5. The Kier molecular flexibility index (Phi) is 3.01. The van der Waals surface area contributed by atoms with Gasteiger partial charge in [-0.1, -0.05) is 0 Å². The largest absolute Gasteiger partial charge is 0.391 e. The molecular formula is C14H22N4O2. The van der Waals surface area contributed by atoms with E-state index in [1.807, 2.05) is 31.6 Å². The molecule has 0 aromatic carbocycles. The summed E-state index contributed by atoms with van der Waals surface area (Å²) in [4.78, 5) is 14.0. The van der Waals surface area contributed by atoms with Crippen LogP contribution in [0.3, 0.4) is 0 Å². The van der Waals surface area contributed by atoms with Gasteiger partial charge in [0.1, 0.15) is 0 Å². The summed E-state index contributed by atoms with van der Waals surface area (Å²) in [7, 11) is 1.91. The van der Waals surface area contributed by atoms with Gasteiger partial charge < -0.3 is 10.0 Å². The van der Waals surface area contributed by atoms with Crippen molar-refractivity contribution in [3.8, 4) is 0 Å². The number of hydrogen-bond donors (Lipinski definition) is 2. The Balaban J connectivity index is 1.71. The molecule has 1 aliphatic carbocycles. The molecule has 6 heteroatoms. The fourth-order valence-electron chi connectivity index (χ4n) is 2.92. The molecule has 2 heterocycles. The summed E-state index contributed by atoms with van der Waals surface area (Å²) in [6.07, 6.45) is 2.56. The van der Waals surface area contributed by atoms with Gasteiger partial charge in [0, 0.05) is 31.3 Å². The number of rotatable bonds is 2. The van der Waals surface area contributed by atoms with Gasteiger partial charge in [-0.15, -0.1) is 0 Å². The first-order chi connectivity index (χ1) is 9.39. The van der Waals surface area contributed by atoms with Crippen molar-refractivity contribution in [2.45, 2.75) is 50.7 Å². The highest BCUT2D eigenvalue weighted by Crippen LogP contribution is 2.40. The highest BCUT2D eigenvalue weighted by Gasteiger charge is 2.43. The molecule has 6 nitrogen and oxygen atoms in total. The first kappa shape index (κ1) is 13.4. The van der Waals surface area contributed by atoms with Gasteiger partial charge in [-0.25, -0.2) is 4.79 Å². The van der Waals surface area contributed by atoms with E-state index in [1.54, 1.807) is 4.90 Å². The van der Waals surface area contributed by atoms with Crippen LogP contribution in [0.5, 0.6) is 0 Å². The number of carbonyl (C=O) groups excluding carboxylic acids is 1. The number of anilines is 1. The lowest BCUT2D eigenvalue weighted by Crippen LogP contribution is -2.49. The number of aliphatic hydroxyl groups is 1. The van der Waals surface area contributed by atoms with E-state index in [4.69, 9.17) is 0 Å². The fourth-order valence-corrected chi connectivity index (χ4v) is 2.92. The zero-order valence-electron chi connectivity index (χ0n) is 12.3. The van der Waals surface area contributed by atoms with Crippen LogP contribution in [0.4, 0.5) is 10.6 Å². The molecule has 3 rings (SSSR count). The summed E-state index contributed by atoms with van der Waals surface area (Å²) >= 11 is 0. The van der Waals surface area contributed by atoms with E-state index in [2.05, 4.69) is 10.4 Å². The van der Waals surface area contributed by atoms with Gasteiger partial charge in [0.25, 0.3) is 0 Å². The van der Waals surface area contributed by atoms with Crippen LogP contribution in [0.25, 0.3) is 0 Å². The maximum absolute atomic E-state index is 12.3. The lowest BCUT2D eigenvalue weighted by atomic mass is 9.99. The monoisotopic (exact) mass is 278 g/mol. The second-order valence-corrected chi connectivity index (χ2v) is 6.39. The van der Waals surface area contributed by atoms with Crippen LogP contribution in [-0.4, -0.2) is 44.0 Å². The number of urea groups is 1. The maximum Gasteiger partial charge on any atom is 0.323 e. The molecule has 20 heavy (non-hydrogen) atoms. The van der Waals surface area contributed by atoms with Gasteiger partial charge in [-0.2, -0.15) is 5.10 Å². The molecule has 2 amide bonds. The summed E-state index contributed by atoms with van der Waals surface area (Å²) in [5, 5.41) is 17.1. The smallest absolute Gasteiger partial charge is 0.323 e. The van der Waals surface area contributed by atoms with Gasteiger partial charge in [0.2, 0.25) is 0 Å². The average Bonchev–Trinajstić information content (AvgIpc) is 3.08. The number of nitrogens with zero attached hydrogens (tertiary/aromatic N) is 3. The third-order valence-corrected chi connectivity index (χ3v) is 4.53. The molecule has 1 aliphatic heterocycles. The van der Waals surface area contributed by atoms with Crippen LogP contribution < -0.4 is 5.32 Å². The van der Waals surface area contributed by atoms with Gasteiger partial charge in [-0.05, 0) is 33.1 Å². The number of amides is 2. The summed E-state index contributed by atoms with van der Waals surface area (Å²) < 4.78 is 1.84. The van der Waals surface area contributed by atoms with E-state index in [-0.39, 0.29) is 6.03 Å². The number of aryl methyl sites for hydroxylation is 1. The second-order valence-electron chi connectivity index (χ2n) is 6.39. The molecule has 0 radical (unpaired) electrons. The molecule has 1 aromatic rings. The molecule has 0 unspecified atom stereocenters. The molecular weight excluding hydrogens is 256 g/mol. The molecule has 2 fully saturated rings. The number of likely N-dealkylation sites (tertiary alicyclic amines) is 1. The Hall–Kier alpha value is -1.56. The first-order valence-corrected chi connectivity index (χ1v) is 7.20. The molecule has 1 atom stereocenters. The summed E-state index contributed by atoms with van der Waals surface area (Å²) in [5.41, 5.74) is 0.652. The zero-order valence-corrected chi connectivity index (χ0v) is 12.3. The topological polar surface area (TPSA) is 70.4 Å². The van der Waals surface area contributed by atoms with Crippen molar-refractivity contribution >= 4 is 11.8 Å². The fraction of sp³-hybridized carbons (Fsp3) is 0.714. The van der Waals surface area contributed by atoms with E-state index < -0.39 is 11.6 Å². The molecule has 110 valence electrons. The van der Waals surface area contributed by atoms with Gasteiger partial charge in [0.15, 0.2) is 5.82 Å². The molecule has 2 aliphatic rings. The van der Waals surface area contributed by atoms with Crippen LogP contribution in [0.15, 0.2) is 6.07 Å². The normalized spacial score (nSPS) is 25.0. The quantitative estimate of drug-likeness (QED) is 0.864. The van der Waals surface area contributed by atoms with Crippen LogP contribution in [0.2, 0.25) is 0 Å². The van der Waals surface area contributed by atoms with E-state index in [0.717, 1.165) is 0 Å². The number of aromatic nitrogens is 2. The first-order valence-electron chi connectivity index (χ1n) is 7.20. The molecule has 0 spiro atoms. The van der Waals surface area contributed by atoms with E-state index in [9.17, 15) is 9.90 Å². The van der Waals surface area contributed by atoms with Crippen LogP contribution >= 0.6 is 0 Å². The second kappa shape index (κ2) is 4.48. The minimum Gasteiger partial charge on any atom is -0.391 e. The minimum absolute atomic E-state index is 0.188. The van der Waals surface area contributed by atoms with Crippen molar-refractivity contribution < 1.29 is 9.90 Å². The summed E-state index contributed by atoms with van der Waals surface area (Å²) in [6.45, 7) is 4.35. The van der Waals surface area contributed by atoms with Crippen molar-refractivity contribution in [1.29, 1.82) is 0 Å². The average molecular weight is 278 g/mol. The van der Waals surface area contributed by atoms with Crippen molar-refractivity contribution in [3.05, 3.63) is 11.8 Å². The SMILES string of the molecule is Cn1nc(NC(=O)N2CC[C@H](O)C2(C)C)cc1C1CC1. The summed E-state index contributed by atoms with van der Waals surface area (Å²) in [6, 6.07) is 1.77. The number of carbonyl (C=O) groups is 1. The lowest BCUT2D eigenvalue weighted by molar-refractivity contribution is 0.0732. The van der Waals surface area contributed by atoms with Gasteiger partial charge in [-0.3, -0.25) is 10.00 Å². The standard InChI is InChI=1S/C14H22N4O2/c1-14(2)11(19)6-7-18(14)13(20)15-12-8-10(9-4-5-9)17(3)16-12/h8-9,11,19H,4-7H2,1-3H3,(H,15,16,20)/t11-/m0/s1. The van der Waals surface area contributed by atoms with E-state index in [0.29, 0.717) is 24.7 Å². The Morgan fingerprint density at radius 3 is 2.70 bits per heavy atom. The Morgan fingerprint density at radius 2 is 2.15 bits per heavy atom. The van der Waals surface area contributed by atoms with Crippen LogP contribution in [-0.2, 0) is 7.05 Å². The summed E-state index contributed by atoms with van der Waals surface area (Å²) in [5.74, 6) is 1.19. The van der Waals surface area contributed by atoms with E-state index >= 15 is 0 Å². The van der Waals surface area contributed by atoms with E-state index in [1.165, 1.54) is 18.5 Å². The van der Waals surface area contributed by atoms with Crippen molar-refractivity contribution in [3.63, 3.8) is 0 Å². The predicted octanol–water partition coefficient (Wildman–Crippen LogP) is 1.67. The minimum atomic E-state index is -0.530. The third-order valence-electron chi connectivity index (χ3n) is 4.53. The lowest BCUT2D eigenvalue weighted by Gasteiger charge is -2.33. The molecule has 1 saturated carbocycles.